The average molecular weight is 211 g/mol. The van der Waals surface area contributed by atoms with E-state index < -0.39 is 6.10 Å². The van der Waals surface area contributed by atoms with Gasteiger partial charge in [0, 0.05) is 0 Å². The van der Waals surface area contributed by atoms with Gasteiger partial charge in [-0.3, -0.25) is 14.5 Å². The van der Waals surface area contributed by atoms with Crippen molar-refractivity contribution in [2.24, 2.45) is 11.8 Å². The van der Waals surface area contributed by atoms with Gasteiger partial charge in [-0.05, 0) is 19.8 Å². The van der Waals surface area contributed by atoms with E-state index in [1.165, 1.54) is 4.90 Å². The number of carbonyl (C=O) groups excluding carboxylic acids is 2. The number of hydrogen-bond donors (Lipinski definition) is 1. The maximum absolute atomic E-state index is 11.9. The first-order chi connectivity index (χ1) is 7.11. The average Bonchev–Trinajstić information content (AvgIpc) is 2.44. The van der Waals surface area contributed by atoms with E-state index in [-0.39, 0.29) is 30.2 Å². The maximum atomic E-state index is 11.9. The van der Waals surface area contributed by atoms with Crippen LogP contribution in [0.1, 0.15) is 32.6 Å². The number of β-amino-alcohol motifs (C(OH)–C–C–N with tert-alkyl or cyclic N) is 1. The van der Waals surface area contributed by atoms with E-state index in [1.54, 1.807) is 6.92 Å². The highest BCUT2D eigenvalue weighted by Crippen LogP contribution is 2.37. The van der Waals surface area contributed by atoms with Gasteiger partial charge in [0.1, 0.15) is 0 Å². The van der Waals surface area contributed by atoms with Crippen LogP contribution in [0.5, 0.6) is 0 Å². The topological polar surface area (TPSA) is 57.6 Å². The molecule has 15 heavy (non-hydrogen) atoms. The molecule has 2 rings (SSSR count). The SMILES string of the molecule is CC(O)CN1C(=O)C2CCCCC2C1=O. The Labute approximate surface area is 89.3 Å². The van der Waals surface area contributed by atoms with Gasteiger partial charge in [0.05, 0.1) is 24.5 Å². The van der Waals surface area contributed by atoms with Gasteiger partial charge < -0.3 is 5.11 Å². The molecule has 0 spiro atoms. The standard InChI is InChI=1S/C11H17NO3/c1-7(13)6-12-10(14)8-4-2-3-5-9(8)11(12)15/h7-9,13H,2-6H2,1H3. The maximum Gasteiger partial charge on any atom is 0.233 e. The normalized spacial score (nSPS) is 33.1. The van der Waals surface area contributed by atoms with E-state index in [1.807, 2.05) is 0 Å². The summed E-state index contributed by atoms with van der Waals surface area (Å²) >= 11 is 0. The van der Waals surface area contributed by atoms with Crippen molar-refractivity contribution in [1.82, 2.24) is 4.90 Å². The molecule has 3 unspecified atom stereocenters. The number of amides is 2. The number of hydrogen-bond acceptors (Lipinski definition) is 3. The molecule has 1 heterocycles. The minimum absolute atomic E-state index is 0.0643. The van der Waals surface area contributed by atoms with Crippen molar-refractivity contribution in [3.05, 3.63) is 0 Å². The van der Waals surface area contributed by atoms with Gasteiger partial charge in [0.15, 0.2) is 0 Å². The monoisotopic (exact) mass is 211 g/mol. The summed E-state index contributed by atoms with van der Waals surface area (Å²) in [6.07, 6.45) is 3.14. The van der Waals surface area contributed by atoms with Crippen LogP contribution in [0.2, 0.25) is 0 Å². The molecular weight excluding hydrogens is 194 g/mol. The Bertz CT molecular complexity index is 264. The number of imide groups is 1. The van der Waals surface area contributed by atoms with E-state index in [0.29, 0.717) is 0 Å². The highest BCUT2D eigenvalue weighted by Gasteiger charge is 2.47. The molecule has 2 amide bonds. The molecule has 0 aromatic rings. The van der Waals surface area contributed by atoms with Crippen LogP contribution in [0, 0.1) is 11.8 Å². The van der Waals surface area contributed by atoms with Crippen LogP contribution in [0.15, 0.2) is 0 Å². The lowest BCUT2D eigenvalue weighted by atomic mass is 9.81. The second-order valence-electron chi connectivity index (χ2n) is 4.63. The van der Waals surface area contributed by atoms with Crippen LogP contribution in [-0.4, -0.2) is 34.5 Å². The molecule has 84 valence electrons. The molecule has 4 nitrogen and oxygen atoms in total. The third-order valence-electron chi connectivity index (χ3n) is 3.38. The third-order valence-corrected chi connectivity index (χ3v) is 3.38. The predicted octanol–water partition coefficient (Wildman–Crippen LogP) is 0.542. The predicted molar refractivity (Wildman–Crippen MR) is 53.8 cm³/mol. The Hall–Kier alpha value is -0.900. The lowest BCUT2D eigenvalue weighted by Crippen LogP contribution is -2.36. The Morgan fingerprint density at radius 1 is 1.27 bits per heavy atom. The van der Waals surface area contributed by atoms with Crippen LogP contribution in [0.25, 0.3) is 0 Å². The van der Waals surface area contributed by atoms with Gasteiger partial charge in [-0.15, -0.1) is 0 Å². The Morgan fingerprint density at radius 2 is 1.73 bits per heavy atom. The highest BCUT2D eigenvalue weighted by molar-refractivity contribution is 6.05. The molecule has 3 atom stereocenters. The van der Waals surface area contributed by atoms with Crippen molar-refractivity contribution in [2.75, 3.05) is 6.54 Å². The zero-order chi connectivity index (χ0) is 11.0. The zero-order valence-electron chi connectivity index (χ0n) is 8.98. The molecule has 0 aromatic carbocycles. The van der Waals surface area contributed by atoms with Crippen molar-refractivity contribution >= 4 is 11.8 Å². The zero-order valence-corrected chi connectivity index (χ0v) is 8.98. The molecule has 2 aliphatic rings. The van der Waals surface area contributed by atoms with Crippen LogP contribution < -0.4 is 0 Å². The first-order valence-corrected chi connectivity index (χ1v) is 5.64. The second kappa shape index (κ2) is 3.93. The highest BCUT2D eigenvalue weighted by atomic mass is 16.3. The van der Waals surface area contributed by atoms with Crippen LogP contribution >= 0.6 is 0 Å². The van der Waals surface area contributed by atoms with E-state index in [9.17, 15) is 14.7 Å². The molecule has 0 bridgehead atoms. The van der Waals surface area contributed by atoms with Gasteiger partial charge >= 0.3 is 0 Å². The van der Waals surface area contributed by atoms with Gasteiger partial charge in [-0.1, -0.05) is 12.8 Å². The first kappa shape index (κ1) is 10.6. The minimum atomic E-state index is -0.627. The van der Waals surface area contributed by atoms with E-state index >= 15 is 0 Å². The summed E-state index contributed by atoms with van der Waals surface area (Å²) in [5, 5.41) is 9.24. The van der Waals surface area contributed by atoms with Crippen molar-refractivity contribution < 1.29 is 14.7 Å². The van der Waals surface area contributed by atoms with Gasteiger partial charge in [-0.2, -0.15) is 0 Å². The fourth-order valence-corrected chi connectivity index (χ4v) is 2.68. The number of likely N-dealkylation sites (tertiary alicyclic amines) is 1. The quantitative estimate of drug-likeness (QED) is 0.678. The van der Waals surface area contributed by atoms with Crippen LogP contribution in [0.3, 0.4) is 0 Å². The Balaban J connectivity index is 2.14. The fraction of sp³-hybridized carbons (Fsp3) is 0.818. The summed E-state index contributed by atoms with van der Waals surface area (Å²) < 4.78 is 0. The molecule has 2 fully saturated rings. The fourth-order valence-electron chi connectivity index (χ4n) is 2.68. The summed E-state index contributed by atoms with van der Waals surface area (Å²) in [5.41, 5.74) is 0. The number of carbonyl (C=O) groups is 2. The molecule has 0 aromatic heterocycles. The van der Waals surface area contributed by atoms with E-state index in [0.717, 1.165) is 25.7 Å². The molecular formula is C11H17NO3. The number of fused-ring (bicyclic) bond motifs is 1. The van der Waals surface area contributed by atoms with Gasteiger partial charge in [-0.25, -0.2) is 0 Å². The van der Waals surface area contributed by atoms with Crippen molar-refractivity contribution in [3.8, 4) is 0 Å². The molecule has 4 heteroatoms. The number of aliphatic hydroxyl groups excluding tert-OH is 1. The Morgan fingerprint density at radius 3 is 2.13 bits per heavy atom. The molecule has 1 aliphatic heterocycles. The third kappa shape index (κ3) is 1.78. The molecule has 1 saturated heterocycles. The molecule has 1 aliphatic carbocycles. The lowest BCUT2D eigenvalue weighted by molar-refractivity contribution is -0.141. The van der Waals surface area contributed by atoms with Crippen LogP contribution in [0.4, 0.5) is 0 Å². The smallest absolute Gasteiger partial charge is 0.233 e. The molecule has 0 radical (unpaired) electrons. The first-order valence-electron chi connectivity index (χ1n) is 5.64. The summed E-state index contributed by atoms with van der Waals surface area (Å²) in [7, 11) is 0. The van der Waals surface area contributed by atoms with Gasteiger partial charge in [0.25, 0.3) is 0 Å². The number of nitrogens with zero attached hydrogens (tertiary/aromatic N) is 1. The Kier molecular flexibility index (Phi) is 2.78. The number of rotatable bonds is 2. The van der Waals surface area contributed by atoms with Crippen molar-refractivity contribution in [2.45, 2.75) is 38.7 Å². The summed E-state index contributed by atoms with van der Waals surface area (Å²) in [6, 6.07) is 0. The molecule has 1 N–H and O–H groups in total. The molecule has 1 saturated carbocycles. The van der Waals surface area contributed by atoms with E-state index in [2.05, 4.69) is 0 Å². The van der Waals surface area contributed by atoms with Crippen LogP contribution in [-0.2, 0) is 9.59 Å². The van der Waals surface area contributed by atoms with Crippen molar-refractivity contribution in [3.63, 3.8) is 0 Å². The van der Waals surface area contributed by atoms with Crippen molar-refractivity contribution in [1.29, 1.82) is 0 Å². The lowest BCUT2D eigenvalue weighted by Gasteiger charge is -2.19. The number of aliphatic hydroxyl groups is 1. The summed E-state index contributed by atoms with van der Waals surface area (Å²) in [6.45, 7) is 1.76. The summed E-state index contributed by atoms with van der Waals surface area (Å²) in [5.74, 6) is -0.314. The minimum Gasteiger partial charge on any atom is -0.392 e. The van der Waals surface area contributed by atoms with Gasteiger partial charge in [0.2, 0.25) is 11.8 Å². The second-order valence-corrected chi connectivity index (χ2v) is 4.63. The van der Waals surface area contributed by atoms with E-state index in [4.69, 9.17) is 0 Å². The largest absolute Gasteiger partial charge is 0.392 e. The summed E-state index contributed by atoms with van der Waals surface area (Å²) in [4.78, 5) is 25.0.